The molecule has 0 saturated heterocycles. The average Bonchev–Trinajstić information content (AvgIpc) is 2.72. The minimum atomic E-state index is -4.48. The summed E-state index contributed by atoms with van der Waals surface area (Å²) in [6.45, 7) is 1.58. The summed E-state index contributed by atoms with van der Waals surface area (Å²) < 4.78 is 38.8. The fraction of sp³-hybridized carbons (Fsp3) is 0.136. The van der Waals surface area contributed by atoms with Crippen LogP contribution in [0.15, 0.2) is 66.9 Å². The van der Waals surface area contributed by atoms with E-state index in [9.17, 15) is 22.8 Å². The number of amides is 2. The number of rotatable bonds is 6. The Bertz CT molecular complexity index is 1100. The number of carbonyl (C=O) groups is 2. The van der Waals surface area contributed by atoms with Gasteiger partial charge in [0.05, 0.1) is 11.1 Å². The summed E-state index contributed by atoms with van der Waals surface area (Å²) in [5, 5.41) is 8.19. The van der Waals surface area contributed by atoms with Crippen molar-refractivity contribution < 1.29 is 22.8 Å². The van der Waals surface area contributed by atoms with Crippen molar-refractivity contribution in [2.24, 2.45) is 0 Å². The van der Waals surface area contributed by atoms with Gasteiger partial charge < -0.3 is 16.0 Å². The van der Waals surface area contributed by atoms with E-state index in [-0.39, 0.29) is 29.5 Å². The number of alkyl halides is 3. The molecule has 0 unspecified atom stereocenters. The van der Waals surface area contributed by atoms with Crippen molar-refractivity contribution in [3.05, 3.63) is 83.6 Å². The van der Waals surface area contributed by atoms with Gasteiger partial charge in [-0.2, -0.15) is 13.2 Å². The lowest BCUT2D eigenvalue weighted by atomic mass is 10.1. The van der Waals surface area contributed by atoms with Gasteiger partial charge in [-0.05, 0) is 48.0 Å². The molecule has 2 amide bonds. The maximum absolute atomic E-state index is 12.9. The molecule has 0 spiro atoms. The second-order valence-electron chi connectivity index (χ2n) is 6.67. The molecule has 2 aromatic carbocycles. The zero-order valence-corrected chi connectivity index (χ0v) is 16.5. The van der Waals surface area contributed by atoms with E-state index in [1.54, 1.807) is 30.3 Å². The van der Waals surface area contributed by atoms with Crippen molar-refractivity contribution in [3.8, 4) is 0 Å². The van der Waals surface area contributed by atoms with E-state index in [4.69, 9.17) is 0 Å². The molecule has 160 valence electrons. The first kappa shape index (κ1) is 21.8. The van der Waals surface area contributed by atoms with Gasteiger partial charge in [0.15, 0.2) is 0 Å². The van der Waals surface area contributed by atoms with Crippen LogP contribution < -0.4 is 16.0 Å². The molecule has 0 aliphatic carbocycles. The highest BCUT2D eigenvalue weighted by Crippen LogP contribution is 2.31. The quantitative estimate of drug-likeness (QED) is 0.530. The van der Waals surface area contributed by atoms with E-state index in [2.05, 4.69) is 20.9 Å². The van der Waals surface area contributed by atoms with Crippen molar-refractivity contribution in [1.82, 2.24) is 10.3 Å². The van der Waals surface area contributed by atoms with Gasteiger partial charge in [-0.15, -0.1) is 0 Å². The first-order valence-electron chi connectivity index (χ1n) is 9.26. The lowest BCUT2D eigenvalue weighted by Crippen LogP contribution is -2.24. The van der Waals surface area contributed by atoms with Crippen molar-refractivity contribution in [2.75, 3.05) is 10.6 Å². The predicted octanol–water partition coefficient (Wildman–Crippen LogP) is 4.73. The van der Waals surface area contributed by atoms with Gasteiger partial charge in [-0.3, -0.25) is 9.59 Å². The summed E-state index contributed by atoms with van der Waals surface area (Å²) in [6.07, 6.45) is -3.04. The fourth-order valence-corrected chi connectivity index (χ4v) is 2.84. The van der Waals surface area contributed by atoms with Crippen LogP contribution in [0.5, 0.6) is 0 Å². The molecule has 3 aromatic rings. The molecule has 1 aromatic heterocycles. The molecular weight excluding hydrogens is 409 g/mol. The Morgan fingerprint density at radius 3 is 2.45 bits per heavy atom. The molecule has 9 heteroatoms. The summed E-state index contributed by atoms with van der Waals surface area (Å²) in [6, 6.07) is 14.7. The molecule has 0 fully saturated rings. The molecule has 1 heterocycles. The van der Waals surface area contributed by atoms with Crippen LogP contribution >= 0.6 is 0 Å². The van der Waals surface area contributed by atoms with Crippen LogP contribution in [-0.2, 0) is 17.5 Å². The van der Waals surface area contributed by atoms with Crippen molar-refractivity contribution >= 4 is 29.0 Å². The Labute approximate surface area is 176 Å². The van der Waals surface area contributed by atoms with Gasteiger partial charge >= 0.3 is 6.18 Å². The molecule has 0 atom stereocenters. The summed E-state index contributed by atoms with van der Waals surface area (Å²) in [5.41, 5.74) is 0.894. The number of nitrogens with zero attached hydrogens (tertiary/aromatic N) is 1. The third-order valence-corrected chi connectivity index (χ3v) is 4.21. The largest absolute Gasteiger partial charge is 0.416 e. The highest BCUT2D eigenvalue weighted by molar-refractivity contribution is 5.99. The molecule has 0 bridgehead atoms. The Hall–Kier alpha value is -3.88. The van der Waals surface area contributed by atoms with Gasteiger partial charge in [0.25, 0.3) is 5.91 Å². The number of pyridine rings is 1. The Morgan fingerprint density at radius 2 is 1.71 bits per heavy atom. The highest BCUT2D eigenvalue weighted by Gasteiger charge is 2.30. The normalized spacial score (nSPS) is 11.0. The number of halogens is 3. The smallest absolute Gasteiger partial charge is 0.348 e. The predicted molar refractivity (Wildman–Crippen MR) is 111 cm³/mol. The van der Waals surface area contributed by atoms with Crippen LogP contribution in [0.3, 0.4) is 0 Å². The first-order valence-corrected chi connectivity index (χ1v) is 9.26. The number of carbonyl (C=O) groups excluding carboxylic acids is 2. The van der Waals surface area contributed by atoms with Gasteiger partial charge in [0, 0.05) is 31.0 Å². The maximum atomic E-state index is 12.9. The minimum Gasteiger partial charge on any atom is -0.348 e. The van der Waals surface area contributed by atoms with Crippen LogP contribution in [0.25, 0.3) is 0 Å². The fourth-order valence-electron chi connectivity index (χ4n) is 2.84. The lowest BCUT2D eigenvalue weighted by Gasteiger charge is -2.13. The van der Waals surface area contributed by atoms with Crippen LogP contribution in [0.4, 0.5) is 30.4 Å². The Morgan fingerprint density at radius 1 is 0.968 bits per heavy atom. The first-order chi connectivity index (χ1) is 14.7. The summed E-state index contributed by atoms with van der Waals surface area (Å²) in [7, 11) is 0. The molecule has 0 saturated carbocycles. The standard InChI is InChI=1S/C22H19F3N4O2/c1-14(30)28-17-7-2-5-15(11-17)13-27-21(31)19-9-4-10-26-20(19)29-18-8-3-6-16(12-18)22(23,24)25/h2-12H,13H2,1H3,(H,26,29)(H,27,31)(H,28,30). The van der Waals surface area contributed by atoms with Gasteiger partial charge in [0.2, 0.25) is 5.91 Å². The molecule has 0 aliphatic heterocycles. The lowest BCUT2D eigenvalue weighted by molar-refractivity contribution is -0.137. The topological polar surface area (TPSA) is 83.1 Å². The summed E-state index contributed by atoms with van der Waals surface area (Å²) in [4.78, 5) is 27.9. The van der Waals surface area contributed by atoms with Crippen molar-refractivity contribution in [3.63, 3.8) is 0 Å². The number of anilines is 3. The maximum Gasteiger partial charge on any atom is 0.416 e. The second-order valence-corrected chi connectivity index (χ2v) is 6.67. The van der Waals surface area contributed by atoms with Crippen molar-refractivity contribution in [1.29, 1.82) is 0 Å². The zero-order chi connectivity index (χ0) is 22.4. The Kier molecular flexibility index (Phi) is 6.54. The van der Waals surface area contributed by atoms with E-state index in [1.165, 1.54) is 31.3 Å². The summed E-state index contributed by atoms with van der Waals surface area (Å²) >= 11 is 0. The van der Waals surface area contributed by atoms with Gasteiger partial charge in [-0.1, -0.05) is 18.2 Å². The van der Waals surface area contributed by atoms with E-state index in [0.717, 1.165) is 17.7 Å². The molecule has 31 heavy (non-hydrogen) atoms. The molecule has 0 radical (unpaired) electrons. The third kappa shape index (κ3) is 6.05. The number of aromatic nitrogens is 1. The number of nitrogens with one attached hydrogen (secondary N) is 3. The van der Waals surface area contributed by atoms with E-state index >= 15 is 0 Å². The SMILES string of the molecule is CC(=O)Nc1cccc(CNC(=O)c2cccnc2Nc2cccc(C(F)(F)F)c2)c1. The third-order valence-electron chi connectivity index (χ3n) is 4.21. The van der Waals surface area contributed by atoms with Gasteiger partial charge in [-0.25, -0.2) is 4.98 Å². The average molecular weight is 428 g/mol. The molecule has 3 N–H and O–H groups in total. The number of hydrogen-bond donors (Lipinski definition) is 3. The second kappa shape index (κ2) is 9.29. The molecule has 3 rings (SSSR count). The van der Waals surface area contributed by atoms with Crippen molar-refractivity contribution in [2.45, 2.75) is 19.6 Å². The monoisotopic (exact) mass is 428 g/mol. The van der Waals surface area contributed by atoms with Crippen LogP contribution in [0.2, 0.25) is 0 Å². The van der Waals surface area contributed by atoms with Gasteiger partial charge in [0.1, 0.15) is 5.82 Å². The minimum absolute atomic E-state index is 0.131. The number of hydrogen-bond acceptors (Lipinski definition) is 4. The Balaban J connectivity index is 1.73. The molecule has 6 nitrogen and oxygen atoms in total. The van der Waals surface area contributed by atoms with E-state index in [1.807, 2.05) is 0 Å². The molecular formula is C22H19F3N4O2. The molecule has 0 aliphatic rings. The van der Waals surface area contributed by atoms with E-state index in [0.29, 0.717) is 5.69 Å². The number of benzene rings is 2. The highest BCUT2D eigenvalue weighted by atomic mass is 19.4. The van der Waals surface area contributed by atoms with E-state index < -0.39 is 17.6 Å². The summed E-state index contributed by atoms with van der Waals surface area (Å²) in [5.74, 6) is -0.527. The van der Waals surface area contributed by atoms with Crippen LogP contribution in [-0.4, -0.2) is 16.8 Å². The zero-order valence-electron chi connectivity index (χ0n) is 16.5. The van der Waals surface area contributed by atoms with Crippen LogP contribution in [0, 0.1) is 0 Å². The van der Waals surface area contributed by atoms with Crippen LogP contribution in [0.1, 0.15) is 28.4 Å².